The fourth-order valence-electron chi connectivity index (χ4n) is 3.08. The molecule has 2 aliphatic heterocycles. The molecule has 7 heteroatoms. The average Bonchev–Trinajstić information content (AvgIpc) is 2.82. The van der Waals surface area contributed by atoms with E-state index in [-0.39, 0.29) is 17.4 Å². The molecule has 0 spiro atoms. The van der Waals surface area contributed by atoms with Crippen LogP contribution in [0, 0.1) is 5.82 Å². The van der Waals surface area contributed by atoms with Gasteiger partial charge in [0.15, 0.2) is 9.84 Å². The zero-order chi connectivity index (χ0) is 16.6. The summed E-state index contributed by atoms with van der Waals surface area (Å²) in [7, 11) is -3.18. The normalized spacial score (nSPS) is 26.9. The number of morpholine rings is 1. The fraction of sp³-hybridized carbons (Fsp3) is 0.438. The Morgan fingerprint density at radius 3 is 2.83 bits per heavy atom. The highest BCUT2D eigenvalue weighted by atomic mass is 32.2. The van der Waals surface area contributed by atoms with Crippen molar-refractivity contribution in [2.45, 2.75) is 19.1 Å². The van der Waals surface area contributed by atoms with Gasteiger partial charge in [-0.2, -0.15) is 0 Å². The number of carbonyl (C=O) groups excluding carboxylic acids is 1. The second-order valence-electron chi connectivity index (χ2n) is 5.90. The molecule has 0 aromatic heterocycles. The number of ether oxygens (including phenoxy) is 1. The van der Waals surface area contributed by atoms with Crippen LogP contribution in [0.3, 0.4) is 0 Å². The Morgan fingerprint density at radius 2 is 2.09 bits per heavy atom. The molecule has 2 atom stereocenters. The first kappa shape index (κ1) is 16.1. The van der Waals surface area contributed by atoms with Crippen molar-refractivity contribution in [3.8, 4) is 0 Å². The van der Waals surface area contributed by atoms with Gasteiger partial charge in [0.2, 0.25) is 5.91 Å². The number of rotatable bonds is 2. The third-order valence-electron chi connectivity index (χ3n) is 4.21. The largest absolute Gasteiger partial charge is 0.373 e. The van der Waals surface area contributed by atoms with Crippen LogP contribution in [-0.2, 0) is 19.4 Å². The molecule has 2 saturated heterocycles. The Hall–Kier alpha value is -1.73. The standard InChI is InChI=1S/C16H18FNO4S/c1-11(8-12-4-2-3-5-13(12)17)16(19)18-6-7-22-15-10-23(20,21)9-14(15)18/h2-5,8,14-15H,6-7,9-10H2,1H3/b11-8+. The fourth-order valence-corrected chi connectivity index (χ4v) is 4.95. The quantitative estimate of drug-likeness (QED) is 0.761. The smallest absolute Gasteiger partial charge is 0.249 e. The lowest BCUT2D eigenvalue weighted by molar-refractivity contribution is -0.138. The van der Waals surface area contributed by atoms with E-state index in [0.29, 0.717) is 24.3 Å². The Morgan fingerprint density at radius 1 is 1.35 bits per heavy atom. The first-order valence-corrected chi connectivity index (χ1v) is 9.25. The molecule has 2 aliphatic rings. The van der Waals surface area contributed by atoms with Crippen molar-refractivity contribution in [3.05, 3.63) is 41.2 Å². The minimum atomic E-state index is -3.18. The predicted molar refractivity (Wildman–Crippen MR) is 83.9 cm³/mol. The molecule has 0 N–H and O–H groups in total. The molecule has 2 heterocycles. The van der Waals surface area contributed by atoms with Crippen molar-refractivity contribution >= 4 is 21.8 Å². The first-order chi connectivity index (χ1) is 10.9. The predicted octanol–water partition coefficient (Wildman–Crippen LogP) is 1.25. The highest BCUT2D eigenvalue weighted by Crippen LogP contribution is 2.26. The molecule has 23 heavy (non-hydrogen) atoms. The number of hydrogen-bond acceptors (Lipinski definition) is 4. The summed E-state index contributed by atoms with van der Waals surface area (Å²) in [5.41, 5.74) is 0.710. The number of hydrogen-bond donors (Lipinski definition) is 0. The lowest BCUT2D eigenvalue weighted by atomic mass is 10.1. The summed E-state index contributed by atoms with van der Waals surface area (Å²) in [6.45, 7) is 2.27. The van der Waals surface area contributed by atoms with E-state index in [0.717, 1.165) is 0 Å². The van der Waals surface area contributed by atoms with Gasteiger partial charge in [-0.15, -0.1) is 0 Å². The molecule has 2 unspecified atom stereocenters. The molecule has 2 fully saturated rings. The minimum Gasteiger partial charge on any atom is -0.373 e. The van der Waals surface area contributed by atoms with Crippen molar-refractivity contribution in [2.75, 3.05) is 24.7 Å². The number of halogens is 1. The summed E-state index contributed by atoms with van der Waals surface area (Å²) in [4.78, 5) is 14.2. The van der Waals surface area contributed by atoms with Crippen LogP contribution in [0.5, 0.6) is 0 Å². The molecular formula is C16H18FNO4S. The molecule has 0 aliphatic carbocycles. The molecule has 0 radical (unpaired) electrons. The van der Waals surface area contributed by atoms with Crippen LogP contribution < -0.4 is 0 Å². The minimum absolute atomic E-state index is 0.0441. The van der Waals surface area contributed by atoms with Crippen molar-refractivity contribution in [3.63, 3.8) is 0 Å². The molecule has 1 aromatic rings. The first-order valence-electron chi connectivity index (χ1n) is 7.43. The number of benzene rings is 1. The third kappa shape index (κ3) is 3.30. The van der Waals surface area contributed by atoms with Crippen LogP contribution in [0.15, 0.2) is 29.8 Å². The van der Waals surface area contributed by atoms with Gasteiger partial charge in [0, 0.05) is 17.7 Å². The summed E-state index contributed by atoms with van der Waals surface area (Å²) < 4.78 is 42.8. The van der Waals surface area contributed by atoms with E-state index < -0.39 is 27.8 Å². The van der Waals surface area contributed by atoms with E-state index in [1.807, 2.05) is 0 Å². The number of nitrogens with zero attached hydrogens (tertiary/aromatic N) is 1. The van der Waals surface area contributed by atoms with E-state index in [1.54, 1.807) is 30.0 Å². The summed E-state index contributed by atoms with van der Waals surface area (Å²) >= 11 is 0. The lowest BCUT2D eigenvalue weighted by Crippen LogP contribution is -2.53. The molecule has 1 aromatic carbocycles. The van der Waals surface area contributed by atoms with Crippen LogP contribution in [0.25, 0.3) is 6.08 Å². The number of sulfone groups is 1. The van der Waals surface area contributed by atoms with Gasteiger partial charge < -0.3 is 9.64 Å². The average molecular weight is 339 g/mol. The number of fused-ring (bicyclic) bond motifs is 1. The maximum absolute atomic E-state index is 13.7. The van der Waals surface area contributed by atoms with Gasteiger partial charge in [0.25, 0.3) is 0 Å². The van der Waals surface area contributed by atoms with Gasteiger partial charge in [0.05, 0.1) is 30.3 Å². The third-order valence-corrected chi connectivity index (χ3v) is 5.90. The zero-order valence-corrected chi connectivity index (χ0v) is 13.6. The maximum Gasteiger partial charge on any atom is 0.249 e. The molecule has 124 valence electrons. The van der Waals surface area contributed by atoms with Gasteiger partial charge in [-0.3, -0.25) is 4.79 Å². The maximum atomic E-state index is 13.7. The summed E-state index contributed by atoms with van der Waals surface area (Å²) in [5.74, 6) is -0.792. The van der Waals surface area contributed by atoms with Gasteiger partial charge >= 0.3 is 0 Å². The van der Waals surface area contributed by atoms with E-state index in [4.69, 9.17) is 4.74 Å². The Bertz CT molecular complexity index is 759. The van der Waals surface area contributed by atoms with Crippen LogP contribution in [0.4, 0.5) is 4.39 Å². The monoisotopic (exact) mass is 339 g/mol. The summed E-state index contributed by atoms with van der Waals surface area (Å²) in [6, 6.07) is 5.75. The molecule has 1 amide bonds. The van der Waals surface area contributed by atoms with Crippen LogP contribution >= 0.6 is 0 Å². The van der Waals surface area contributed by atoms with E-state index in [2.05, 4.69) is 0 Å². The van der Waals surface area contributed by atoms with E-state index in [9.17, 15) is 17.6 Å². The molecule has 0 bridgehead atoms. The van der Waals surface area contributed by atoms with Gasteiger partial charge in [0.1, 0.15) is 5.82 Å². The second kappa shape index (κ2) is 6.05. The molecule has 0 saturated carbocycles. The highest BCUT2D eigenvalue weighted by Gasteiger charge is 2.45. The molecular weight excluding hydrogens is 321 g/mol. The van der Waals surface area contributed by atoms with Crippen molar-refractivity contribution in [1.29, 1.82) is 0 Å². The van der Waals surface area contributed by atoms with Crippen molar-refractivity contribution in [2.24, 2.45) is 0 Å². The summed E-state index contributed by atoms with van der Waals surface area (Å²) in [5, 5.41) is 0. The Balaban J connectivity index is 1.83. The topological polar surface area (TPSA) is 63.7 Å². The van der Waals surface area contributed by atoms with Crippen molar-refractivity contribution < 1.29 is 22.3 Å². The molecule has 3 rings (SSSR count). The van der Waals surface area contributed by atoms with Crippen LogP contribution in [0.2, 0.25) is 0 Å². The van der Waals surface area contributed by atoms with Crippen molar-refractivity contribution in [1.82, 2.24) is 4.90 Å². The Labute approximate surface area is 134 Å². The molecule has 5 nitrogen and oxygen atoms in total. The SMILES string of the molecule is C/C(=C\c1ccccc1F)C(=O)N1CCOC2CS(=O)(=O)CC21. The Kier molecular flexibility index (Phi) is 4.25. The van der Waals surface area contributed by atoms with Gasteiger partial charge in [-0.1, -0.05) is 18.2 Å². The van der Waals surface area contributed by atoms with Crippen LogP contribution in [-0.4, -0.2) is 56.0 Å². The number of carbonyl (C=O) groups is 1. The highest BCUT2D eigenvalue weighted by molar-refractivity contribution is 7.91. The second-order valence-corrected chi connectivity index (χ2v) is 8.05. The number of amides is 1. The zero-order valence-electron chi connectivity index (χ0n) is 12.7. The van der Waals surface area contributed by atoms with Gasteiger partial charge in [-0.25, -0.2) is 12.8 Å². The van der Waals surface area contributed by atoms with E-state index in [1.165, 1.54) is 12.1 Å². The van der Waals surface area contributed by atoms with E-state index >= 15 is 0 Å². The van der Waals surface area contributed by atoms with Crippen LogP contribution in [0.1, 0.15) is 12.5 Å². The van der Waals surface area contributed by atoms with Gasteiger partial charge in [-0.05, 0) is 19.1 Å². The summed E-state index contributed by atoms with van der Waals surface area (Å²) in [6.07, 6.45) is 1.03. The lowest BCUT2D eigenvalue weighted by Gasteiger charge is -2.36.